The topological polar surface area (TPSA) is 64.3 Å². The molecular formula is C23H28N2O3S. The molecule has 29 heavy (non-hydrogen) atoms. The summed E-state index contributed by atoms with van der Waals surface area (Å²) in [6.07, 6.45) is 0.154. The molecule has 0 fully saturated rings. The van der Waals surface area contributed by atoms with Crippen molar-refractivity contribution in [2.45, 2.75) is 51.4 Å². The molecule has 0 aliphatic heterocycles. The van der Waals surface area contributed by atoms with E-state index in [1.807, 2.05) is 64.1 Å². The zero-order chi connectivity index (χ0) is 21.0. The number of aryl methyl sites for hydroxylation is 2. The molecule has 5 nitrogen and oxygen atoms in total. The van der Waals surface area contributed by atoms with E-state index in [2.05, 4.69) is 6.07 Å². The molecule has 0 unspecified atom stereocenters. The van der Waals surface area contributed by atoms with Gasteiger partial charge in [0.05, 0.1) is 17.0 Å². The van der Waals surface area contributed by atoms with Crippen LogP contribution in [0.5, 0.6) is 5.75 Å². The lowest BCUT2D eigenvalue weighted by molar-refractivity contribution is 0.126. The summed E-state index contributed by atoms with van der Waals surface area (Å²) >= 11 is 1.39. The highest BCUT2D eigenvalue weighted by Crippen LogP contribution is 2.23. The Hall–Kier alpha value is -2.31. The van der Waals surface area contributed by atoms with Gasteiger partial charge in [-0.25, -0.2) is 4.98 Å². The molecule has 1 aromatic heterocycles. The number of benzene rings is 2. The fourth-order valence-electron chi connectivity index (χ4n) is 3.23. The van der Waals surface area contributed by atoms with Gasteiger partial charge in [0, 0.05) is 11.8 Å². The van der Waals surface area contributed by atoms with Gasteiger partial charge in [0.1, 0.15) is 12.4 Å². The zero-order valence-corrected chi connectivity index (χ0v) is 18.2. The van der Waals surface area contributed by atoms with Crippen LogP contribution in [0.15, 0.2) is 52.4 Å². The van der Waals surface area contributed by atoms with Crippen LogP contribution in [0.2, 0.25) is 0 Å². The minimum atomic E-state index is -0.672. The average molecular weight is 413 g/mol. The fourth-order valence-corrected chi connectivity index (χ4v) is 4.23. The molecule has 0 spiro atoms. The first-order chi connectivity index (χ1) is 13.9. The molecule has 154 valence electrons. The van der Waals surface area contributed by atoms with Crippen molar-refractivity contribution >= 4 is 22.7 Å². The molecule has 0 radical (unpaired) electrons. The number of ether oxygens (including phenoxy) is 1. The summed E-state index contributed by atoms with van der Waals surface area (Å²) in [4.78, 5) is 17.7. The molecule has 0 bridgehead atoms. The quantitative estimate of drug-likeness (QED) is 0.435. The first-order valence-corrected chi connectivity index (χ1v) is 10.9. The van der Waals surface area contributed by atoms with Gasteiger partial charge in [-0.2, -0.15) is 0 Å². The summed E-state index contributed by atoms with van der Waals surface area (Å²) in [5.74, 6) is 1.15. The van der Waals surface area contributed by atoms with Crippen molar-refractivity contribution in [1.29, 1.82) is 0 Å². The third-order valence-electron chi connectivity index (χ3n) is 4.85. The lowest BCUT2D eigenvalue weighted by Crippen LogP contribution is -2.27. The van der Waals surface area contributed by atoms with Crippen LogP contribution in [0.1, 0.15) is 37.4 Å². The van der Waals surface area contributed by atoms with Crippen LogP contribution in [-0.2, 0) is 0 Å². The first-order valence-electron chi connectivity index (χ1n) is 9.92. The monoisotopic (exact) mass is 412 g/mol. The molecule has 0 saturated heterocycles. The Morgan fingerprint density at radius 3 is 2.55 bits per heavy atom. The molecule has 0 amide bonds. The van der Waals surface area contributed by atoms with Crippen molar-refractivity contribution < 1.29 is 9.84 Å². The van der Waals surface area contributed by atoms with Gasteiger partial charge in [0.25, 0.3) is 5.56 Å². The van der Waals surface area contributed by atoms with Crippen LogP contribution in [0.25, 0.3) is 10.9 Å². The smallest absolute Gasteiger partial charge is 0.262 e. The highest BCUT2D eigenvalue weighted by atomic mass is 32.2. The number of aromatic nitrogens is 2. The van der Waals surface area contributed by atoms with E-state index in [0.717, 1.165) is 23.3 Å². The van der Waals surface area contributed by atoms with E-state index < -0.39 is 6.10 Å². The molecule has 1 heterocycles. The third kappa shape index (κ3) is 5.19. The van der Waals surface area contributed by atoms with Crippen LogP contribution in [-0.4, -0.2) is 33.1 Å². The van der Waals surface area contributed by atoms with Gasteiger partial charge < -0.3 is 9.84 Å². The highest BCUT2D eigenvalue weighted by molar-refractivity contribution is 7.99. The Labute approximate surface area is 175 Å². The van der Waals surface area contributed by atoms with Gasteiger partial charge in [0.2, 0.25) is 0 Å². The first kappa shape index (κ1) is 21.4. The molecule has 0 aliphatic carbocycles. The minimum Gasteiger partial charge on any atom is -0.491 e. The number of hydrogen-bond acceptors (Lipinski definition) is 5. The van der Waals surface area contributed by atoms with E-state index >= 15 is 0 Å². The van der Waals surface area contributed by atoms with Crippen LogP contribution in [0.4, 0.5) is 0 Å². The highest BCUT2D eigenvalue weighted by Gasteiger charge is 2.17. The molecule has 0 aliphatic rings. The predicted octanol–water partition coefficient (Wildman–Crippen LogP) is 4.52. The standard InChI is InChI=1S/C23H28N2O3S/c1-5-17(4)25-22(27)20-8-6-7-9-21(20)24-23(25)29-14-18(26)13-28-19-11-15(2)10-16(3)12-19/h6-12,17-18,26H,5,13-14H2,1-4H3/t17-,18+/m1/s1. The van der Waals surface area contributed by atoms with Crippen molar-refractivity contribution in [3.05, 3.63) is 63.9 Å². The summed E-state index contributed by atoms with van der Waals surface area (Å²) in [5, 5.41) is 11.7. The molecule has 2 atom stereocenters. The molecule has 1 N–H and O–H groups in total. The molecule has 3 aromatic rings. The minimum absolute atomic E-state index is 0.0331. The summed E-state index contributed by atoms with van der Waals surface area (Å²) in [5.41, 5.74) is 2.90. The lowest BCUT2D eigenvalue weighted by atomic mass is 10.1. The number of aliphatic hydroxyl groups is 1. The van der Waals surface area contributed by atoms with Gasteiger partial charge in [-0.1, -0.05) is 36.9 Å². The van der Waals surface area contributed by atoms with E-state index in [1.165, 1.54) is 11.8 Å². The third-order valence-corrected chi connectivity index (χ3v) is 5.95. The van der Waals surface area contributed by atoms with Crippen molar-refractivity contribution in [2.24, 2.45) is 0 Å². The van der Waals surface area contributed by atoms with Crippen LogP contribution in [0.3, 0.4) is 0 Å². The van der Waals surface area contributed by atoms with Gasteiger partial charge in [0.15, 0.2) is 5.16 Å². The Balaban J connectivity index is 1.74. The summed E-state index contributed by atoms with van der Waals surface area (Å²) in [6, 6.07) is 13.4. The molecule has 2 aromatic carbocycles. The summed E-state index contributed by atoms with van der Waals surface area (Å²) < 4.78 is 7.50. The van der Waals surface area contributed by atoms with Crippen LogP contribution < -0.4 is 10.3 Å². The van der Waals surface area contributed by atoms with E-state index in [9.17, 15) is 9.90 Å². The van der Waals surface area contributed by atoms with Gasteiger partial charge >= 0.3 is 0 Å². The SMILES string of the molecule is CC[C@@H](C)n1c(SC[C@@H](O)COc2cc(C)cc(C)c2)nc2ccccc2c1=O. The Morgan fingerprint density at radius 1 is 1.17 bits per heavy atom. The van der Waals surface area contributed by atoms with Gasteiger partial charge in [-0.05, 0) is 62.6 Å². The summed E-state index contributed by atoms with van der Waals surface area (Å²) in [6.45, 7) is 8.29. The average Bonchev–Trinajstić information content (AvgIpc) is 2.69. The lowest BCUT2D eigenvalue weighted by Gasteiger charge is -2.19. The molecule has 6 heteroatoms. The number of nitrogens with zero attached hydrogens (tertiary/aromatic N) is 2. The number of hydrogen-bond donors (Lipinski definition) is 1. The van der Waals surface area contributed by atoms with Crippen LogP contribution >= 0.6 is 11.8 Å². The Morgan fingerprint density at radius 2 is 1.86 bits per heavy atom. The zero-order valence-electron chi connectivity index (χ0n) is 17.4. The van der Waals surface area contributed by atoms with Crippen LogP contribution in [0, 0.1) is 13.8 Å². The van der Waals surface area contributed by atoms with E-state index in [0.29, 0.717) is 21.8 Å². The van der Waals surface area contributed by atoms with E-state index in [4.69, 9.17) is 9.72 Å². The van der Waals surface area contributed by atoms with Gasteiger partial charge in [-0.15, -0.1) is 0 Å². The van der Waals surface area contributed by atoms with Crippen molar-refractivity contribution in [3.63, 3.8) is 0 Å². The van der Waals surface area contributed by atoms with Crippen molar-refractivity contribution in [2.75, 3.05) is 12.4 Å². The normalized spacial score (nSPS) is 13.4. The Kier molecular flexibility index (Phi) is 6.98. The number of rotatable bonds is 8. The maximum absolute atomic E-state index is 13.0. The number of fused-ring (bicyclic) bond motifs is 1. The van der Waals surface area contributed by atoms with Gasteiger partial charge in [-0.3, -0.25) is 9.36 Å². The predicted molar refractivity (Wildman–Crippen MR) is 119 cm³/mol. The Bertz CT molecular complexity index is 1030. The molecule has 0 saturated carbocycles. The summed E-state index contributed by atoms with van der Waals surface area (Å²) in [7, 11) is 0. The van der Waals surface area contributed by atoms with Crippen molar-refractivity contribution in [1.82, 2.24) is 9.55 Å². The second kappa shape index (κ2) is 9.46. The molecule has 3 rings (SSSR count). The maximum atomic E-state index is 13.0. The van der Waals surface area contributed by atoms with Crippen molar-refractivity contribution in [3.8, 4) is 5.75 Å². The largest absolute Gasteiger partial charge is 0.491 e. The fraction of sp³-hybridized carbons (Fsp3) is 0.391. The molecular weight excluding hydrogens is 384 g/mol. The number of aliphatic hydroxyl groups excluding tert-OH is 1. The second-order valence-corrected chi connectivity index (χ2v) is 8.43. The van der Waals surface area contributed by atoms with E-state index in [-0.39, 0.29) is 18.2 Å². The maximum Gasteiger partial charge on any atom is 0.262 e. The number of para-hydroxylation sites is 1. The van der Waals surface area contributed by atoms with E-state index in [1.54, 1.807) is 4.57 Å². The second-order valence-electron chi connectivity index (χ2n) is 7.44. The number of thioether (sulfide) groups is 1.